The molecule has 0 spiro atoms. The average molecular weight is 169 g/mol. The van der Waals surface area contributed by atoms with Crippen LogP contribution in [-0.2, 0) is 4.79 Å². The molecule has 0 saturated carbocycles. The molecular weight excluding hydrogens is 150 g/mol. The van der Waals surface area contributed by atoms with Crippen LogP contribution in [0.4, 0.5) is 0 Å². The van der Waals surface area contributed by atoms with Gasteiger partial charge in [-0.15, -0.1) is 0 Å². The third kappa shape index (κ3) is 2.50. The van der Waals surface area contributed by atoms with E-state index in [0.29, 0.717) is 11.8 Å². The Morgan fingerprint density at radius 1 is 1.58 bits per heavy atom. The molecule has 1 saturated heterocycles. The van der Waals surface area contributed by atoms with Gasteiger partial charge >= 0.3 is 0 Å². The van der Waals surface area contributed by atoms with Gasteiger partial charge < -0.3 is 4.90 Å². The number of piperidine rings is 1. The lowest BCUT2D eigenvalue weighted by atomic mass is 9.98. The van der Waals surface area contributed by atoms with Gasteiger partial charge in [-0.25, -0.2) is 0 Å². The van der Waals surface area contributed by atoms with Crippen LogP contribution in [0.25, 0.3) is 0 Å². The second-order valence-electron chi connectivity index (χ2n) is 3.83. The Bertz CT molecular complexity index is 154. The number of hydrogen-bond donors (Lipinski definition) is 0. The average Bonchev–Trinajstić information content (AvgIpc) is 2.03. The third-order valence-electron chi connectivity index (χ3n) is 2.55. The van der Waals surface area contributed by atoms with Crippen molar-refractivity contribution in [2.75, 3.05) is 13.1 Å². The summed E-state index contributed by atoms with van der Waals surface area (Å²) in [6, 6.07) is 0. The first-order chi connectivity index (χ1) is 5.74. The highest BCUT2D eigenvalue weighted by atomic mass is 16.2. The summed E-state index contributed by atoms with van der Waals surface area (Å²) >= 11 is 0. The van der Waals surface area contributed by atoms with E-state index in [1.165, 1.54) is 12.8 Å². The van der Waals surface area contributed by atoms with E-state index in [1.54, 1.807) is 0 Å². The molecule has 0 aromatic heterocycles. The lowest BCUT2D eigenvalue weighted by molar-refractivity contribution is -0.134. The van der Waals surface area contributed by atoms with E-state index >= 15 is 0 Å². The van der Waals surface area contributed by atoms with Gasteiger partial charge in [0.1, 0.15) is 0 Å². The van der Waals surface area contributed by atoms with E-state index in [2.05, 4.69) is 13.8 Å². The number of nitrogens with zero attached hydrogens (tertiary/aromatic N) is 1. The van der Waals surface area contributed by atoms with Crippen LogP contribution < -0.4 is 0 Å². The Labute approximate surface area is 74.9 Å². The molecule has 1 aliphatic rings. The minimum absolute atomic E-state index is 0.363. The van der Waals surface area contributed by atoms with Crippen LogP contribution in [0.1, 0.15) is 39.5 Å². The summed E-state index contributed by atoms with van der Waals surface area (Å²) in [5.74, 6) is 0.970. The molecule has 1 rings (SSSR count). The molecule has 0 bridgehead atoms. The molecule has 1 heterocycles. The summed E-state index contributed by atoms with van der Waals surface area (Å²) in [7, 11) is 0. The zero-order chi connectivity index (χ0) is 8.97. The van der Waals surface area contributed by atoms with Gasteiger partial charge in [0.2, 0.25) is 5.91 Å². The second-order valence-corrected chi connectivity index (χ2v) is 3.83. The van der Waals surface area contributed by atoms with Gasteiger partial charge in [-0.3, -0.25) is 4.79 Å². The maximum atomic E-state index is 11.4. The molecule has 1 unspecified atom stereocenters. The van der Waals surface area contributed by atoms with Crippen molar-refractivity contribution in [3.63, 3.8) is 0 Å². The second kappa shape index (κ2) is 4.48. The van der Waals surface area contributed by atoms with Crippen LogP contribution in [-0.4, -0.2) is 23.9 Å². The molecule has 2 heteroatoms. The van der Waals surface area contributed by atoms with E-state index in [9.17, 15) is 4.79 Å². The Hall–Kier alpha value is -0.530. The summed E-state index contributed by atoms with van der Waals surface area (Å²) in [5.41, 5.74) is 0. The highest BCUT2D eigenvalue weighted by Gasteiger charge is 2.21. The van der Waals surface area contributed by atoms with E-state index < -0.39 is 0 Å². The number of likely N-dealkylation sites (tertiary alicyclic amines) is 1. The highest BCUT2D eigenvalue weighted by Crippen LogP contribution is 2.17. The highest BCUT2D eigenvalue weighted by molar-refractivity contribution is 5.77. The van der Waals surface area contributed by atoms with Crippen LogP contribution >= 0.6 is 0 Å². The first kappa shape index (κ1) is 9.56. The first-order valence-electron chi connectivity index (χ1n) is 5.01. The molecule has 1 atom stereocenters. The lowest BCUT2D eigenvalue weighted by Crippen LogP contribution is -2.38. The van der Waals surface area contributed by atoms with Crippen LogP contribution in [0.3, 0.4) is 0 Å². The van der Waals surface area contributed by atoms with Gasteiger partial charge in [0, 0.05) is 19.5 Å². The number of amides is 1. The number of carbonyl (C=O) groups is 1. The van der Waals surface area contributed by atoms with Crippen molar-refractivity contribution in [3.05, 3.63) is 0 Å². The minimum Gasteiger partial charge on any atom is -0.343 e. The molecule has 0 N–H and O–H groups in total. The normalized spacial score (nSPS) is 24.7. The van der Waals surface area contributed by atoms with Crippen molar-refractivity contribution in [2.45, 2.75) is 39.5 Å². The van der Waals surface area contributed by atoms with Gasteiger partial charge in [-0.2, -0.15) is 0 Å². The van der Waals surface area contributed by atoms with Crippen LogP contribution in [0.5, 0.6) is 0 Å². The van der Waals surface area contributed by atoms with Crippen molar-refractivity contribution in [3.8, 4) is 0 Å². The maximum absolute atomic E-state index is 11.4. The lowest BCUT2D eigenvalue weighted by Gasteiger charge is -2.29. The predicted molar refractivity (Wildman–Crippen MR) is 49.9 cm³/mol. The van der Waals surface area contributed by atoms with Crippen LogP contribution in [0.15, 0.2) is 0 Å². The van der Waals surface area contributed by atoms with Gasteiger partial charge in [-0.1, -0.05) is 20.3 Å². The zero-order valence-electron chi connectivity index (χ0n) is 8.18. The van der Waals surface area contributed by atoms with Crippen molar-refractivity contribution < 1.29 is 4.79 Å². The maximum Gasteiger partial charge on any atom is 0.222 e. The summed E-state index contributed by atoms with van der Waals surface area (Å²) in [5, 5.41) is 0. The monoisotopic (exact) mass is 169 g/mol. The van der Waals surface area contributed by atoms with E-state index in [-0.39, 0.29) is 0 Å². The van der Waals surface area contributed by atoms with Crippen LogP contribution in [0.2, 0.25) is 0 Å². The molecule has 0 aromatic rings. The zero-order valence-corrected chi connectivity index (χ0v) is 8.18. The fourth-order valence-corrected chi connectivity index (χ4v) is 1.62. The molecule has 0 aromatic carbocycles. The van der Waals surface area contributed by atoms with Crippen LogP contribution in [0, 0.1) is 5.92 Å². The summed E-state index contributed by atoms with van der Waals surface area (Å²) < 4.78 is 0. The summed E-state index contributed by atoms with van der Waals surface area (Å²) in [6.07, 6.45) is 4.29. The van der Waals surface area contributed by atoms with Gasteiger partial charge in [0.25, 0.3) is 0 Å². The Morgan fingerprint density at radius 3 is 2.92 bits per heavy atom. The van der Waals surface area contributed by atoms with Crippen molar-refractivity contribution in [2.24, 2.45) is 5.92 Å². The molecule has 70 valence electrons. The first-order valence-corrected chi connectivity index (χ1v) is 5.01. The quantitative estimate of drug-likeness (QED) is 0.633. The summed E-state index contributed by atoms with van der Waals surface area (Å²) in [4.78, 5) is 13.5. The molecule has 1 fully saturated rings. The minimum atomic E-state index is 0.363. The van der Waals surface area contributed by atoms with Crippen molar-refractivity contribution >= 4 is 5.91 Å². The smallest absolute Gasteiger partial charge is 0.222 e. The van der Waals surface area contributed by atoms with Gasteiger partial charge in [-0.05, 0) is 18.8 Å². The molecule has 0 radical (unpaired) electrons. The van der Waals surface area contributed by atoms with Crippen molar-refractivity contribution in [1.29, 1.82) is 0 Å². The van der Waals surface area contributed by atoms with Gasteiger partial charge in [0.15, 0.2) is 0 Å². The van der Waals surface area contributed by atoms with Crippen molar-refractivity contribution in [1.82, 2.24) is 4.90 Å². The molecule has 1 amide bonds. The number of rotatable bonds is 3. The largest absolute Gasteiger partial charge is 0.343 e. The predicted octanol–water partition coefficient (Wildman–Crippen LogP) is 2.04. The molecule has 0 aliphatic carbocycles. The Morgan fingerprint density at radius 2 is 2.33 bits per heavy atom. The third-order valence-corrected chi connectivity index (χ3v) is 2.55. The Balaban J connectivity index is 2.30. The van der Waals surface area contributed by atoms with E-state index in [0.717, 1.165) is 25.9 Å². The molecule has 1 aliphatic heterocycles. The molecular formula is C10H19NO. The number of carbonyl (C=O) groups excluding carboxylic acids is 1. The summed E-state index contributed by atoms with van der Waals surface area (Å²) in [6.45, 7) is 6.29. The van der Waals surface area contributed by atoms with E-state index in [1.807, 2.05) is 4.90 Å². The molecule has 12 heavy (non-hydrogen) atoms. The van der Waals surface area contributed by atoms with E-state index in [4.69, 9.17) is 0 Å². The topological polar surface area (TPSA) is 20.3 Å². The molecule has 2 nitrogen and oxygen atoms in total. The fraction of sp³-hybridized carbons (Fsp3) is 0.900. The van der Waals surface area contributed by atoms with Gasteiger partial charge in [0.05, 0.1) is 0 Å². The number of hydrogen-bond acceptors (Lipinski definition) is 1. The number of unbranched alkanes of at least 4 members (excludes halogenated alkanes) is 1. The Kier molecular flexibility index (Phi) is 3.57. The fourth-order valence-electron chi connectivity index (χ4n) is 1.62. The standard InChI is InChI=1S/C10H19NO/c1-3-4-6-11-7-5-9(2)8-10(11)12/h9H,3-8H2,1-2H3. The SMILES string of the molecule is CCCCN1CCC(C)CC1=O.